The third-order valence-corrected chi connectivity index (χ3v) is 3.79. The van der Waals surface area contributed by atoms with Gasteiger partial charge in [-0.3, -0.25) is 0 Å². The topological polar surface area (TPSA) is 35.2 Å². The van der Waals surface area contributed by atoms with Gasteiger partial charge >= 0.3 is 0 Å². The van der Waals surface area contributed by atoms with Crippen molar-refractivity contribution in [2.24, 2.45) is 5.73 Å². The number of methoxy groups -OCH3 is 1. The second-order valence-corrected chi connectivity index (χ2v) is 5.35. The van der Waals surface area contributed by atoms with Crippen LogP contribution in [-0.4, -0.2) is 13.2 Å². The van der Waals surface area contributed by atoms with Crippen LogP contribution in [0.5, 0.6) is 5.75 Å². The summed E-state index contributed by atoms with van der Waals surface area (Å²) in [7, 11) is 1.70. The predicted molar refractivity (Wildman–Crippen MR) is 84.3 cm³/mol. The van der Waals surface area contributed by atoms with Crippen LogP contribution in [0.3, 0.4) is 0 Å². The van der Waals surface area contributed by atoms with E-state index in [0.717, 1.165) is 18.6 Å². The van der Waals surface area contributed by atoms with Gasteiger partial charge in [0.15, 0.2) is 0 Å². The Kier molecular flexibility index (Phi) is 4.80. The molecule has 0 aromatic heterocycles. The summed E-state index contributed by atoms with van der Waals surface area (Å²) in [5.41, 5.74) is 11.5. The molecule has 0 aliphatic heterocycles. The second-order valence-electron chi connectivity index (χ2n) is 5.35. The first-order valence-electron chi connectivity index (χ1n) is 7.04. The summed E-state index contributed by atoms with van der Waals surface area (Å²) in [5.74, 6) is 0.921. The Balaban J connectivity index is 2.11. The summed E-state index contributed by atoms with van der Waals surface area (Å²) in [5, 5.41) is 0. The lowest BCUT2D eigenvalue weighted by molar-refractivity contribution is 0.407. The van der Waals surface area contributed by atoms with Crippen LogP contribution in [0.1, 0.15) is 22.3 Å². The third kappa shape index (κ3) is 3.40. The number of hydrogen-bond acceptors (Lipinski definition) is 2. The van der Waals surface area contributed by atoms with E-state index in [1.807, 2.05) is 18.2 Å². The highest BCUT2D eigenvalue weighted by Crippen LogP contribution is 2.21. The van der Waals surface area contributed by atoms with Crippen molar-refractivity contribution < 1.29 is 4.74 Å². The van der Waals surface area contributed by atoms with Crippen molar-refractivity contribution in [1.82, 2.24) is 0 Å². The molecule has 2 N–H and O–H groups in total. The molecule has 1 atom stereocenters. The standard InChI is InChI=1S/C18H23NO/c1-13-7-6-8-14(2)17(13)12-16(19)11-15-9-4-5-10-18(15)20-3/h4-10,16H,11-12,19H2,1-3H3. The molecule has 0 heterocycles. The average molecular weight is 269 g/mol. The molecule has 1 unspecified atom stereocenters. The van der Waals surface area contributed by atoms with Crippen molar-refractivity contribution in [3.8, 4) is 5.75 Å². The fraction of sp³-hybridized carbons (Fsp3) is 0.333. The van der Waals surface area contributed by atoms with Gasteiger partial charge in [0, 0.05) is 6.04 Å². The second kappa shape index (κ2) is 6.58. The summed E-state index contributed by atoms with van der Waals surface area (Å²) in [6.07, 6.45) is 1.73. The smallest absolute Gasteiger partial charge is 0.122 e. The lowest BCUT2D eigenvalue weighted by atomic mass is 9.93. The lowest BCUT2D eigenvalue weighted by Gasteiger charge is -2.17. The van der Waals surface area contributed by atoms with E-state index in [1.54, 1.807) is 7.11 Å². The Hall–Kier alpha value is -1.80. The molecule has 0 aliphatic carbocycles. The maximum absolute atomic E-state index is 6.34. The van der Waals surface area contributed by atoms with E-state index in [4.69, 9.17) is 10.5 Å². The number of rotatable bonds is 5. The Morgan fingerprint density at radius 1 is 0.950 bits per heavy atom. The summed E-state index contributed by atoms with van der Waals surface area (Å²) < 4.78 is 5.39. The highest BCUT2D eigenvalue weighted by atomic mass is 16.5. The van der Waals surface area contributed by atoms with E-state index in [1.165, 1.54) is 22.3 Å². The number of hydrogen-bond donors (Lipinski definition) is 1. The SMILES string of the molecule is COc1ccccc1CC(N)Cc1c(C)cccc1C. The number of nitrogens with two attached hydrogens (primary N) is 1. The first kappa shape index (κ1) is 14.6. The molecule has 0 bridgehead atoms. The van der Waals surface area contributed by atoms with E-state index in [-0.39, 0.29) is 6.04 Å². The summed E-state index contributed by atoms with van der Waals surface area (Å²) in [6, 6.07) is 14.6. The van der Waals surface area contributed by atoms with Crippen LogP contribution in [0.25, 0.3) is 0 Å². The summed E-state index contributed by atoms with van der Waals surface area (Å²) in [6.45, 7) is 4.30. The van der Waals surface area contributed by atoms with E-state index < -0.39 is 0 Å². The summed E-state index contributed by atoms with van der Waals surface area (Å²) in [4.78, 5) is 0. The molecule has 2 rings (SSSR count). The van der Waals surface area contributed by atoms with Crippen LogP contribution < -0.4 is 10.5 Å². The zero-order valence-electron chi connectivity index (χ0n) is 12.5. The number of aryl methyl sites for hydroxylation is 2. The van der Waals surface area contributed by atoms with Crippen molar-refractivity contribution in [3.63, 3.8) is 0 Å². The van der Waals surface area contributed by atoms with Crippen LogP contribution in [-0.2, 0) is 12.8 Å². The van der Waals surface area contributed by atoms with Crippen molar-refractivity contribution in [2.75, 3.05) is 7.11 Å². The zero-order valence-corrected chi connectivity index (χ0v) is 12.5. The van der Waals surface area contributed by atoms with E-state index >= 15 is 0 Å². The Labute approximate surface area is 121 Å². The Morgan fingerprint density at radius 2 is 1.60 bits per heavy atom. The van der Waals surface area contributed by atoms with Gasteiger partial charge in [0.05, 0.1) is 7.11 Å². The first-order valence-corrected chi connectivity index (χ1v) is 7.04. The van der Waals surface area contributed by atoms with Crippen molar-refractivity contribution in [1.29, 1.82) is 0 Å². The number of para-hydroxylation sites is 1. The average Bonchev–Trinajstić information content (AvgIpc) is 2.44. The predicted octanol–water partition coefficient (Wildman–Crippen LogP) is 3.42. The normalized spacial score (nSPS) is 12.2. The molecule has 2 nitrogen and oxygen atoms in total. The van der Waals surface area contributed by atoms with E-state index in [9.17, 15) is 0 Å². The largest absolute Gasteiger partial charge is 0.496 e. The van der Waals surface area contributed by atoms with Crippen LogP contribution >= 0.6 is 0 Å². The minimum Gasteiger partial charge on any atom is -0.496 e. The summed E-state index contributed by atoms with van der Waals surface area (Å²) >= 11 is 0. The van der Waals surface area contributed by atoms with Crippen molar-refractivity contribution in [3.05, 3.63) is 64.7 Å². The van der Waals surface area contributed by atoms with Crippen LogP contribution in [0.4, 0.5) is 0 Å². The van der Waals surface area contributed by atoms with Gasteiger partial charge in [0.1, 0.15) is 5.75 Å². The zero-order chi connectivity index (χ0) is 14.5. The maximum atomic E-state index is 6.34. The highest BCUT2D eigenvalue weighted by molar-refractivity contribution is 5.36. The molecular formula is C18H23NO. The van der Waals surface area contributed by atoms with E-state index in [2.05, 4.69) is 38.1 Å². The molecular weight excluding hydrogens is 246 g/mol. The fourth-order valence-electron chi connectivity index (χ4n) is 2.66. The van der Waals surface area contributed by atoms with Crippen LogP contribution in [0.15, 0.2) is 42.5 Å². The molecule has 2 aromatic carbocycles. The van der Waals surface area contributed by atoms with Crippen molar-refractivity contribution in [2.45, 2.75) is 32.7 Å². The van der Waals surface area contributed by atoms with Crippen LogP contribution in [0, 0.1) is 13.8 Å². The Bertz CT molecular complexity index is 557. The lowest BCUT2D eigenvalue weighted by Crippen LogP contribution is -2.26. The fourth-order valence-corrected chi connectivity index (χ4v) is 2.66. The number of ether oxygens (including phenoxy) is 1. The molecule has 0 saturated carbocycles. The molecule has 0 spiro atoms. The molecule has 0 amide bonds. The van der Waals surface area contributed by atoms with Gasteiger partial charge in [-0.1, -0.05) is 36.4 Å². The first-order chi connectivity index (χ1) is 9.61. The third-order valence-electron chi connectivity index (χ3n) is 3.79. The van der Waals surface area contributed by atoms with Gasteiger partial charge in [0.2, 0.25) is 0 Å². The van der Waals surface area contributed by atoms with Crippen molar-refractivity contribution >= 4 is 0 Å². The molecule has 106 valence electrons. The molecule has 0 saturated heterocycles. The van der Waals surface area contributed by atoms with Crippen LogP contribution in [0.2, 0.25) is 0 Å². The van der Waals surface area contributed by atoms with Gasteiger partial charge < -0.3 is 10.5 Å². The molecule has 2 aromatic rings. The minimum atomic E-state index is 0.103. The number of benzene rings is 2. The molecule has 2 heteroatoms. The van der Waals surface area contributed by atoms with Gasteiger partial charge in [-0.25, -0.2) is 0 Å². The quantitative estimate of drug-likeness (QED) is 0.902. The van der Waals surface area contributed by atoms with E-state index in [0.29, 0.717) is 0 Å². The van der Waals surface area contributed by atoms with Gasteiger partial charge in [0.25, 0.3) is 0 Å². The minimum absolute atomic E-state index is 0.103. The van der Waals surface area contributed by atoms with Gasteiger partial charge in [-0.15, -0.1) is 0 Å². The molecule has 0 fully saturated rings. The highest BCUT2D eigenvalue weighted by Gasteiger charge is 2.11. The van der Waals surface area contributed by atoms with Gasteiger partial charge in [-0.05, 0) is 55.0 Å². The maximum Gasteiger partial charge on any atom is 0.122 e. The Morgan fingerprint density at radius 3 is 2.25 bits per heavy atom. The molecule has 0 aliphatic rings. The monoisotopic (exact) mass is 269 g/mol. The van der Waals surface area contributed by atoms with Gasteiger partial charge in [-0.2, -0.15) is 0 Å². The molecule has 0 radical (unpaired) electrons. The molecule has 20 heavy (non-hydrogen) atoms.